The molecule has 1 aromatic heterocycles. The number of rotatable bonds is 3. The zero-order chi connectivity index (χ0) is 15.0. The molecule has 1 aromatic carbocycles. The van der Waals surface area contributed by atoms with Gasteiger partial charge in [-0.3, -0.25) is 19.3 Å². The molecule has 6 nitrogen and oxygen atoms in total. The molecule has 1 aliphatic rings. The van der Waals surface area contributed by atoms with E-state index < -0.39 is 23.7 Å². The number of carbonyl (C=O) groups is 3. The number of hydrogen-bond donors (Lipinski definition) is 1. The van der Waals surface area contributed by atoms with Crippen molar-refractivity contribution in [2.75, 3.05) is 0 Å². The van der Waals surface area contributed by atoms with E-state index in [2.05, 4.69) is 4.98 Å². The van der Waals surface area contributed by atoms with Crippen LogP contribution in [0.5, 0.6) is 0 Å². The number of fused-ring (bicyclic) bond motifs is 1. The highest BCUT2D eigenvalue weighted by Gasteiger charge is 2.42. The fourth-order valence-corrected chi connectivity index (χ4v) is 2.94. The molecular weight excluding hydrogens is 292 g/mol. The van der Waals surface area contributed by atoms with Crippen LogP contribution in [0.25, 0.3) is 0 Å². The van der Waals surface area contributed by atoms with Crippen molar-refractivity contribution in [3.8, 4) is 0 Å². The molecule has 1 atom stereocenters. The van der Waals surface area contributed by atoms with E-state index >= 15 is 0 Å². The number of hydrogen-bond acceptors (Lipinski definition) is 5. The summed E-state index contributed by atoms with van der Waals surface area (Å²) in [5.41, 5.74) is 0.497. The normalized spacial score (nSPS) is 17.7. The van der Waals surface area contributed by atoms with E-state index in [1.807, 2.05) is 0 Å². The number of aliphatic carboxylic acids is 1. The van der Waals surface area contributed by atoms with Gasteiger partial charge in [0.1, 0.15) is 5.01 Å². The Hall–Kier alpha value is -2.54. The first kappa shape index (κ1) is 13.4. The number of carboxylic acid groups (broad SMARTS) is 1. The maximum absolute atomic E-state index is 12.4. The zero-order valence-corrected chi connectivity index (χ0v) is 11.5. The molecule has 7 heteroatoms. The number of carboxylic acids is 1. The number of amides is 2. The number of carbonyl (C=O) groups excluding carboxylic acids is 2. The minimum atomic E-state index is -1.35. The predicted molar refractivity (Wildman–Crippen MR) is 73.8 cm³/mol. The van der Waals surface area contributed by atoms with Crippen LogP contribution in [0.2, 0.25) is 0 Å². The molecule has 21 heavy (non-hydrogen) atoms. The highest BCUT2D eigenvalue weighted by atomic mass is 32.1. The summed E-state index contributed by atoms with van der Waals surface area (Å²) in [5.74, 6) is -3.81. The van der Waals surface area contributed by atoms with E-state index in [0.717, 1.165) is 4.90 Å². The van der Waals surface area contributed by atoms with E-state index in [1.165, 1.54) is 23.5 Å². The Morgan fingerprint density at radius 3 is 2.76 bits per heavy atom. The summed E-state index contributed by atoms with van der Waals surface area (Å²) in [6.45, 7) is -0.00650. The number of benzene rings is 1. The molecule has 0 spiro atoms. The number of thiazole rings is 1. The molecule has 2 aromatic rings. The Kier molecular flexibility index (Phi) is 3.26. The Bertz CT molecular complexity index is 726. The van der Waals surface area contributed by atoms with Gasteiger partial charge in [-0.15, -0.1) is 11.3 Å². The summed E-state index contributed by atoms with van der Waals surface area (Å²) in [6, 6.07) is 6.30. The summed E-state index contributed by atoms with van der Waals surface area (Å²) in [5, 5.41) is 11.6. The average molecular weight is 302 g/mol. The van der Waals surface area contributed by atoms with Crippen molar-refractivity contribution in [3.05, 3.63) is 52.0 Å². The minimum absolute atomic E-state index is 0.00650. The molecule has 106 valence electrons. The van der Waals surface area contributed by atoms with Gasteiger partial charge in [-0.25, -0.2) is 4.98 Å². The molecule has 0 aliphatic carbocycles. The number of aromatic nitrogens is 1. The Balaban J connectivity index is 2.06. The average Bonchev–Trinajstić information content (AvgIpc) is 2.96. The van der Waals surface area contributed by atoms with E-state index in [1.54, 1.807) is 23.7 Å². The number of imide groups is 1. The monoisotopic (exact) mass is 302 g/mol. The lowest BCUT2D eigenvalue weighted by atomic mass is 9.88. The van der Waals surface area contributed by atoms with Crippen LogP contribution in [0.1, 0.15) is 26.8 Å². The smallest absolute Gasteiger partial charge is 0.320 e. The number of nitrogens with zero attached hydrogens (tertiary/aromatic N) is 2. The molecule has 0 saturated heterocycles. The summed E-state index contributed by atoms with van der Waals surface area (Å²) >= 11 is 1.31. The summed E-state index contributed by atoms with van der Waals surface area (Å²) in [4.78, 5) is 41.2. The standard InChI is InChI=1S/C14H10N2O4S/c17-12-9-4-2-1-3-8(9)11(14(19)20)13(18)16(12)7-10-15-5-6-21-10/h1-6,11H,7H2,(H,19,20). The first-order valence-corrected chi connectivity index (χ1v) is 7.03. The topological polar surface area (TPSA) is 87.6 Å². The highest BCUT2D eigenvalue weighted by molar-refractivity contribution is 7.09. The van der Waals surface area contributed by atoms with Gasteiger partial charge in [0.15, 0.2) is 5.92 Å². The molecule has 1 aliphatic heterocycles. The molecule has 0 bridgehead atoms. The van der Waals surface area contributed by atoms with E-state index in [0.29, 0.717) is 5.01 Å². The maximum atomic E-state index is 12.4. The van der Waals surface area contributed by atoms with Gasteiger partial charge in [0, 0.05) is 17.1 Å². The van der Waals surface area contributed by atoms with Gasteiger partial charge >= 0.3 is 5.97 Å². The molecule has 0 saturated carbocycles. The lowest BCUT2D eigenvalue weighted by Gasteiger charge is -2.29. The molecule has 1 unspecified atom stereocenters. The summed E-state index contributed by atoms with van der Waals surface area (Å²) < 4.78 is 0. The fraction of sp³-hybridized carbons (Fsp3) is 0.143. The lowest BCUT2D eigenvalue weighted by molar-refractivity contribution is -0.146. The van der Waals surface area contributed by atoms with Crippen molar-refractivity contribution in [3.63, 3.8) is 0 Å². The summed E-state index contributed by atoms with van der Waals surface area (Å²) in [6.07, 6.45) is 1.57. The van der Waals surface area contributed by atoms with Crippen molar-refractivity contribution in [2.45, 2.75) is 12.5 Å². The third kappa shape index (κ3) is 2.21. The largest absolute Gasteiger partial charge is 0.480 e. The Labute approximate surface area is 123 Å². The van der Waals surface area contributed by atoms with Gasteiger partial charge in [-0.2, -0.15) is 0 Å². The third-order valence-electron chi connectivity index (χ3n) is 3.28. The van der Waals surface area contributed by atoms with Crippen molar-refractivity contribution in [2.24, 2.45) is 0 Å². The first-order chi connectivity index (χ1) is 10.1. The van der Waals surface area contributed by atoms with E-state index in [9.17, 15) is 19.5 Å². The molecule has 0 fully saturated rings. The highest BCUT2D eigenvalue weighted by Crippen LogP contribution is 2.30. The van der Waals surface area contributed by atoms with Gasteiger partial charge in [-0.05, 0) is 11.6 Å². The van der Waals surface area contributed by atoms with Crippen molar-refractivity contribution in [1.29, 1.82) is 0 Å². The van der Waals surface area contributed by atoms with Crippen LogP contribution < -0.4 is 0 Å². The van der Waals surface area contributed by atoms with E-state index in [4.69, 9.17) is 0 Å². The zero-order valence-electron chi connectivity index (χ0n) is 10.7. The Morgan fingerprint density at radius 2 is 2.10 bits per heavy atom. The molecular formula is C14H10N2O4S. The molecule has 0 radical (unpaired) electrons. The van der Waals surface area contributed by atoms with Crippen LogP contribution in [0, 0.1) is 0 Å². The molecule has 1 N–H and O–H groups in total. The quantitative estimate of drug-likeness (QED) is 0.685. The first-order valence-electron chi connectivity index (χ1n) is 6.15. The maximum Gasteiger partial charge on any atom is 0.320 e. The van der Waals surface area contributed by atoms with Crippen LogP contribution in [0.4, 0.5) is 0 Å². The van der Waals surface area contributed by atoms with Gasteiger partial charge in [0.05, 0.1) is 6.54 Å². The van der Waals surface area contributed by atoms with Gasteiger partial charge in [0.2, 0.25) is 5.91 Å². The van der Waals surface area contributed by atoms with Crippen LogP contribution >= 0.6 is 11.3 Å². The Morgan fingerprint density at radius 1 is 1.33 bits per heavy atom. The van der Waals surface area contributed by atoms with Crippen molar-refractivity contribution >= 4 is 29.1 Å². The molecule has 3 rings (SSSR count). The SMILES string of the molecule is O=C(O)C1C(=O)N(Cc2nccs2)C(=O)c2ccccc21. The van der Waals surface area contributed by atoms with Crippen LogP contribution in [-0.4, -0.2) is 32.8 Å². The van der Waals surface area contributed by atoms with Crippen molar-refractivity contribution < 1.29 is 19.5 Å². The van der Waals surface area contributed by atoms with Gasteiger partial charge in [-0.1, -0.05) is 18.2 Å². The summed E-state index contributed by atoms with van der Waals surface area (Å²) in [7, 11) is 0. The van der Waals surface area contributed by atoms with E-state index in [-0.39, 0.29) is 17.7 Å². The predicted octanol–water partition coefficient (Wildman–Crippen LogP) is 1.49. The van der Waals surface area contributed by atoms with Crippen LogP contribution in [0.3, 0.4) is 0 Å². The molecule has 2 heterocycles. The fourth-order valence-electron chi connectivity index (χ4n) is 2.33. The third-order valence-corrected chi connectivity index (χ3v) is 4.05. The van der Waals surface area contributed by atoms with Crippen LogP contribution in [0.15, 0.2) is 35.8 Å². The van der Waals surface area contributed by atoms with Crippen molar-refractivity contribution in [1.82, 2.24) is 9.88 Å². The second kappa shape index (κ2) is 5.10. The molecule has 2 amide bonds. The minimum Gasteiger partial charge on any atom is -0.480 e. The second-order valence-electron chi connectivity index (χ2n) is 4.51. The second-order valence-corrected chi connectivity index (χ2v) is 5.49. The lowest BCUT2D eigenvalue weighted by Crippen LogP contribution is -2.46. The van der Waals surface area contributed by atoms with Gasteiger partial charge < -0.3 is 5.11 Å². The van der Waals surface area contributed by atoms with Gasteiger partial charge in [0.25, 0.3) is 5.91 Å². The van der Waals surface area contributed by atoms with Crippen LogP contribution in [-0.2, 0) is 16.1 Å².